The summed E-state index contributed by atoms with van der Waals surface area (Å²) < 4.78 is 0. The molecule has 2 aromatic carbocycles. The topological polar surface area (TPSA) is 65.5 Å². The van der Waals surface area contributed by atoms with E-state index in [0.717, 1.165) is 16.6 Å². The number of fused-ring (bicyclic) bond motifs is 1. The number of amides is 1. The van der Waals surface area contributed by atoms with Crippen molar-refractivity contribution < 1.29 is 9.90 Å². The first-order valence-electron chi connectivity index (χ1n) is 9.02. The number of phenolic OH excluding ortho intramolecular Hbond substituents is 1. The minimum absolute atomic E-state index is 0.0720. The van der Waals surface area contributed by atoms with Crippen LogP contribution in [0.15, 0.2) is 54.7 Å². The zero-order valence-corrected chi connectivity index (χ0v) is 16.1. The van der Waals surface area contributed by atoms with Gasteiger partial charge in [-0.1, -0.05) is 44.2 Å². The molecule has 0 aliphatic heterocycles. The first-order valence-corrected chi connectivity index (χ1v) is 9.02. The van der Waals surface area contributed by atoms with E-state index in [1.807, 2.05) is 81.4 Å². The van der Waals surface area contributed by atoms with Gasteiger partial charge in [-0.2, -0.15) is 0 Å². The number of phenols is 1. The average Bonchev–Trinajstić information content (AvgIpc) is 2.67. The van der Waals surface area contributed by atoms with Gasteiger partial charge in [0.2, 0.25) is 5.91 Å². The van der Waals surface area contributed by atoms with Crippen molar-refractivity contribution in [2.24, 2.45) is 5.92 Å². The number of carbonyl (C=O) groups is 1. The molecule has 0 saturated carbocycles. The van der Waals surface area contributed by atoms with Crippen molar-refractivity contribution in [3.63, 3.8) is 0 Å². The molecule has 1 atom stereocenters. The lowest BCUT2D eigenvalue weighted by atomic mass is 9.95. The number of aromatic hydroxyl groups is 1. The maximum Gasteiger partial charge on any atom is 0.223 e. The first-order chi connectivity index (χ1) is 12.9. The minimum atomic E-state index is -0.456. The zero-order valence-electron chi connectivity index (χ0n) is 16.1. The van der Waals surface area contributed by atoms with Crippen molar-refractivity contribution in [3.05, 3.63) is 65.9 Å². The van der Waals surface area contributed by atoms with Gasteiger partial charge in [0.05, 0.1) is 6.04 Å². The first kappa shape index (κ1) is 18.7. The summed E-state index contributed by atoms with van der Waals surface area (Å²) in [4.78, 5) is 18.7. The summed E-state index contributed by atoms with van der Waals surface area (Å²) in [5.74, 6) is -0.134. The monoisotopic (exact) mass is 363 g/mol. The number of anilines is 1. The number of pyridine rings is 1. The van der Waals surface area contributed by atoms with Crippen LogP contribution in [-0.4, -0.2) is 30.1 Å². The van der Waals surface area contributed by atoms with Gasteiger partial charge in [0.1, 0.15) is 11.3 Å². The summed E-state index contributed by atoms with van der Waals surface area (Å²) >= 11 is 0. The Hall–Kier alpha value is -3.08. The molecule has 0 unspecified atom stereocenters. The van der Waals surface area contributed by atoms with Crippen molar-refractivity contribution in [1.29, 1.82) is 0 Å². The van der Waals surface area contributed by atoms with Gasteiger partial charge in [-0.05, 0) is 23.8 Å². The van der Waals surface area contributed by atoms with Crippen molar-refractivity contribution in [1.82, 2.24) is 10.3 Å². The number of carbonyl (C=O) groups excluding carboxylic acids is 1. The number of aromatic nitrogens is 1. The lowest BCUT2D eigenvalue weighted by Gasteiger charge is -2.23. The molecule has 0 bridgehead atoms. The van der Waals surface area contributed by atoms with Gasteiger partial charge in [0.25, 0.3) is 0 Å². The molecule has 0 fully saturated rings. The Morgan fingerprint density at radius 2 is 1.78 bits per heavy atom. The van der Waals surface area contributed by atoms with Crippen molar-refractivity contribution >= 4 is 22.5 Å². The standard InChI is InChI=1S/C22H25N3O2/c1-14(2)22(27)24-19(16-7-10-17(11-8-16)25(3)4)18-12-9-15-6-5-13-23-20(15)21(18)26/h5-14,19,26H,1-4H3,(H,24,27)/t19-/m0/s1. The van der Waals surface area contributed by atoms with Crippen LogP contribution in [-0.2, 0) is 4.79 Å². The molecule has 5 nitrogen and oxygen atoms in total. The zero-order chi connectivity index (χ0) is 19.6. The fraction of sp³-hybridized carbons (Fsp3) is 0.273. The largest absolute Gasteiger partial charge is 0.505 e. The van der Waals surface area contributed by atoms with Gasteiger partial charge in [-0.25, -0.2) is 0 Å². The summed E-state index contributed by atoms with van der Waals surface area (Å²) in [6.45, 7) is 3.70. The molecule has 5 heteroatoms. The highest BCUT2D eigenvalue weighted by Crippen LogP contribution is 2.35. The van der Waals surface area contributed by atoms with E-state index in [1.54, 1.807) is 6.20 Å². The molecular weight excluding hydrogens is 338 g/mol. The van der Waals surface area contributed by atoms with Crippen LogP contribution in [0.25, 0.3) is 10.9 Å². The number of nitrogens with zero attached hydrogens (tertiary/aromatic N) is 2. The average molecular weight is 363 g/mol. The summed E-state index contributed by atoms with van der Waals surface area (Å²) in [5.41, 5.74) is 3.13. The molecule has 1 amide bonds. The number of hydrogen-bond donors (Lipinski definition) is 2. The molecule has 2 N–H and O–H groups in total. The second kappa shape index (κ2) is 7.66. The van der Waals surface area contributed by atoms with Crippen molar-refractivity contribution in [3.8, 4) is 5.75 Å². The lowest BCUT2D eigenvalue weighted by molar-refractivity contribution is -0.124. The Morgan fingerprint density at radius 3 is 2.41 bits per heavy atom. The van der Waals surface area contributed by atoms with Crippen LogP contribution >= 0.6 is 0 Å². The van der Waals surface area contributed by atoms with E-state index in [9.17, 15) is 9.90 Å². The number of benzene rings is 2. The second-order valence-corrected chi connectivity index (χ2v) is 7.16. The number of hydrogen-bond acceptors (Lipinski definition) is 4. The van der Waals surface area contributed by atoms with Gasteiger partial charge in [0.15, 0.2) is 0 Å². The van der Waals surface area contributed by atoms with Crippen LogP contribution < -0.4 is 10.2 Å². The summed E-state index contributed by atoms with van der Waals surface area (Å²) in [6, 6.07) is 15.0. The predicted octanol–water partition coefficient (Wildman–Crippen LogP) is 3.87. The van der Waals surface area contributed by atoms with Gasteiger partial charge >= 0.3 is 0 Å². The molecule has 0 radical (unpaired) electrons. The molecular formula is C22H25N3O2. The second-order valence-electron chi connectivity index (χ2n) is 7.16. The van der Waals surface area contributed by atoms with E-state index >= 15 is 0 Å². The Morgan fingerprint density at radius 1 is 1.07 bits per heavy atom. The fourth-order valence-electron chi connectivity index (χ4n) is 2.99. The quantitative estimate of drug-likeness (QED) is 0.722. The molecule has 0 spiro atoms. The highest BCUT2D eigenvalue weighted by Gasteiger charge is 2.23. The van der Waals surface area contributed by atoms with Crippen LogP contribution in [0.2, 0.25) is 0 Å². The van der Waals surface area contributed by atoms with E-state index in [4.69, 9.17) is 0 Å². The maximum absolute atomic E-state index is 12.4. The third-order valence-electron chi connectivity index (χ3n) is 4.64. The summed E-state index contributed by atoms with van der Waals surface area (Å²) in [6.07, 6.45) is 1.65. The van der Waals surface area contributed by atoms with Crippen LogP contribution in [0.3, 0.4) is 0 Å². The summed E-state index contributed by atoms with van der Waals surface area (Å²) in [7, 11) is 3.96. The van der Waals surface area contributed by atoms with Crippen LogP contribution in [0, 0.1) is 5.92 Å². The minimum Gasteiger partial charge on any atom is -0.505 e. The number of nitrogens with one attached hydrogen (secondary N) is 1. The Bertz CT molecular complexity index is 949. The van der Waals surface area contributed by atoms with E-state index < -0.39 is 6.04 Å². The molecule has 0 saturated heterocycles. The third-order valence-corrected chi connectivity index (χ3v) is 4.64. The predicted molar refractivity (Wildman–Crippen MR) is 109 cm³/mol. The van der Waals surface area contributed by atoms with Crippen molar-refractivity contribution in [2.45, 2.75) is 19.9 Å². The maximum atomic E-state index is 12.4. The fourth-order valence-corrected chi connectivity index (χ4v) is 2.99. The highest BCUT2D eigenvalue weighted by atomic mass is 16.3. The van der Waals surface area contributed by atoms with E-state index in [-0.39, 0.29) is 17.6 Å². The summed E-state index contributed by atoms with van der Waals surface area (Å²) in [5, 5.41) is 14.8. The third kappa shape index (κ3) is 3.87. The van der Waals surface area contributed by atoms with Gasteiger partial charge in [0, 0.05) is 42.8 Å². The van der Waals surface area contributed by atoms with Crippen LogP contribution in [0.4, 0.5) is 5.69 Å². The number of rotatable bonds is 5. The van der Waals surface area contributed by atoms with Crippen LogP contribution in [0.1, 0.15) is 31.0 Å². The Labute approximate surface area is 159 Å². The Balaban J connectivity index is 2.09. The molecule has 1 aromatic heterocycles. The molecule has 27 heavy (non-hydrogen) atoms. The SMILES string of the molecule is CC(C)C(=O)N[C@@H](c1ccc(N(C)C)cc1)c1ccc2cccnc2c1O. The molecule has 3 rings (SSSR count). The highest BCUT2D eigenvalue weighted by molar-refractivity contribution is 5.86. The normalized spacial score (nSPS) is 12.2. The molecule has 140 valence electrons. The molecule has 1 heterocycles. The van der Waals surface area contributed by atoms with Gasteiger partial charge < -0.3 is 15.3 Å². The lowest BCUT2D eigenvalue weighted by Crippen LogP contribution is -2.32. The Kier molecular flexibility index (Phi) is 5.31. The van der Waals surface area contributed by atoms with E-state index in [0.29, 0.717) is 11.1 Å². The van der Waals surface area contributed by atoms with E-state index in [2.05, 4.69) is 10.3 Å². The molecule has 0 aliphatic carbocycles. The van der Waals surface area contributed by atoms with Crippen LogP contribution in [0.5, 0.6) is 5.75 Å². The smallest absolute Gasteiger partial charge is 0.223 e. The molecule has 0 aliphatic rings. The van der Waals surface area contributed by atoms with Gasteiger partial charge in [-0.3, -0.25) is 9.78 Å². The van der Waals surface area contributed by atoms with Crippen molar-refractivity contribution in [2.75, 3.05) is 19.0 Å². The molecule has 3 aromatic rings. The van der Waals surface area contributed by atoms with E-state index in [1.165, 1.54) is 0 Å². The van der Waals surface area contributed by atoms with Gasteiger partial charge in [-0.15, -0.1) is 0 Å².